The largest absolute Gasteiger partial charge is 0.349 e. The molecule has 0 heterocycles. The molecule has 104 valence electrons. The van der Waals surface area contributed by atoms with Crippen molar-refractivity contribution in [3.63, 3.8) is 0 Å². The van der Waals surface area contributed by atoms with Gasteiger partial charge in [0.15, 0.2) is 0 Å². The van der Waals surface area contributed by atoms with Crippen molar-refractivity contribution < 1.29 is 4.79 Å². The van der Waals surface area contributed by atoms with E-state index in [1.165, 1.54) is 5.56 Å². The maximum atomic E-state index is 12.1. The minimum atomic E-state index is -0.239. The second kappa shape index (κ2) is 6.20. The molecule has 0 aromatic heterocycles. The Balaban J connectivity index is 1.94. The highest BCUT2D eigenvalue weighted by Gasteiger charge is 2.35. The molecule has 0 spiro atoms. The molecule has 1 fully saturated rings. The van der Waals surface area contributed by atoms with Gasteiger partial charge in [0.25, 0.3) is 0 Å². The minimum absolute atomic E-state index is 0.0875. The molecular formula is C16H24N2O. The SMILES string of the molecule is CCCC(NC(=O)CC1(N)CCC1)c1ccccc1. The summed E-state index contributed by atoms with van der Waals surface area (Å²) in [6, 6.07) is 10.3. The Morgan fingerprint density at radius 2 is 2.05 bits per heavy atom. The van der Waals surface area contributed by atoms with Crippen molar-refractivity contribution in [1.29, 1.82) is 0 Å². The molecule has 3 heteroatoms. The molecule has 0 bridgehead atoms. The standard InChI is InChI=1S/C16H24N2O/c1-2-7-14(13-8-4-3-5-9-13)18-15(19)12-16(17)10-6-11-16/h3-5,8-9,14H,2,6-7,10-12,17H2,1H3,(H,18,19). The van der Waals surface area contributed by atoms with Gasteiger partial charge in [0.2, 0.25) is 5.91 Å². The molecule has 1 aromatic carbocycles. The van der Waals surface area contributed by atoms with Gasteiger partial charge in [0.05, 0.1) is 6.04 Å². The molecule has 2 rings (SSSR count). The lowest BCUT2D eigenvalue weighted by Crippen LogP contribution is -2.50. The van der Waals surface area contributed by atoms with E-state index in [0.717, 1.165) is 32.1 Å². The highest BCUT2D eigenvalue weighted by atomic mass is 16.1. The van der Waals surface area contributed by atoms with Crippen LogP contribution >= 0.6 is 0 Å². The average Bonchev–Trinajstić information content (AvgIpc) is 2.37. The van der Waals surface area contributed by atoms with Crippen LogP contribution in [-0.2, 0) is 4.79 Å². The number of rotatable bonds is 6. The van der Waals surface area contributed by atoms with Crippen LogP contribution in [0.4, 0.5) is 0 Å². The Bertz CT molecular complexity index is 412. The van der Waals surface area contributed by atoms with Crippen LogP contribution in [0.5, 0.6) is 0 Å². The summed E-state index contributed by atoms with van der Waals surface area (Å²) in [6.07, 6.45) is 5.58. The van der Waals surface area contributed by atoms with Gasteiger partial charge in [0.1, 0.15) is 0 Å². The molecule has 1 aliphatic carbocycles. The van der Waals surface area contributed by atoms with Crippen molar-refractivity contribution in [2.24, 2.45) is 5.73 Å². The van der Waals surface area contributed by atoms with Crippen molar-refractivity contribution in [2.75, 3.05) is 0 Å². The highest BCUT2D eigenvalue weighted by molar-refractivity contribution is 5.77. The van der Waals surface area contributed by atoms with E-state index in [1.807, 2.05) is 18.2 Å². The van der Waals surface area contributed by atoms with Crippen molar-refractivity contribution in [1.82, 2.24) is 5.32 Å². The van der Waals surface area contributed by atoms with E-state index in [9.17, 15) is 4.79 Å². The Kier molecular flexibility index (Phi) is 4.59. The zero-order valence-corrected chi connectivity index (χ0v) is 11.7. The summed E-state index contributed by atoms with van der Waals surface area (Å²) in [5.41, 5.74) is 7.07. The lowest BCUT2D eigenvalue weighted by molar-refractivity contribution is -0.123. The normalized spacial score (nSPS) is 18.4. The van der Waals surface area contributed by atoms with Gasteiger partial charge in [-0.05, 0) is 31.2 Å². The molecule has 1 saturated carbocycles. The fourth-order valence-electron chi connectivity index (χ4n) is 2.67. The van der Waals surface area contributed by atoms with Crippen LogP contribution in [0, 0.1) is 0 Å². The van der Waals surface area contributed by atoms with Crippen LogP contribution in [0.25, 0.3) is 0 Å². The molecule has 1 amide bonds. The fourth-order valence-corrected chi connectivity index (χ4v) is 2.67. The summed E-state index contributed by atoms with van der Waals surface area (Å²) in [7, 11) is 0. The number of hydrogen-bond acceptors (Lipinski definition) is 2. The van der Waals surface area contributed by atoms with E-state index >= 15 is 0 Å². The number of amides is 1. The molecule has 1 aromatic rings. The number of carbonyl (C=O) groups is 1. The quantitative estimate of drug-likeness (QED) is 0.826. The Morgan fingerprint density at radius 3 is 2.58 bits per heavy atom. The van der Waals surface area contributed by atoms with Crippen molar-refractivity contribution in [3.8, 4) is 0 Å². The fraction of sp³-hybridized carbons (Fsp3) is 0.562. The second-order valence-electron chi connectivity index (χ2n) is 5.71. The predicted octanol–water partition coefficient (Wildman–Crippen LogP) is 2.92. The third-order valence-corrected chi connectivity index (χ3v) is 3.98. The second-order valence-corrected chi connectivity index (χ2v) is 5.71. The third kappa shape index (κ3) is 3.80. The van der Waals surface area contributed by atoms with Gasteiger partial charge in [-0.25, -0.2) is 0 Å². The van der Waals surface area contributed by atoms with E-state index in [-0.39, 0.29) is 17.5 Å². The Hall–Kier alpha value is -1.35. The summed E-state index contributed by atoms with van der Waals surface area (Å²) < 4.78 is 0. The predicted molar refractivity (Wildman–Crippen MR) is 77.6 cm³/mol. The molecule has 0 aliphatic heterocycles. The van der Waals surface area contributed by atoms with Crippen LogP contribution < -0.4 is 11.1 Å². The van der Waals surface area contributed by atoms with Crippen molar-refractivity contribution in [2.45, 2.75) is 57.0 Å². The monoisotopic (exact) mass is 260 g/mol. The van der Waals surface area contributed by atoms with Gasteiger partial charge in [0, 0.05) is 12.0 Å². The van der Waals surface area contributed by atoms with Crippen molar-refractivity contribution in [3.05, 3.63) is 35.9 Å². The number of nitrogens with one attached hydrogen (secondary N) is 1. The first-order chi connectivity index (χ1) is 9.13. The highest BCUT2D eigenvalue weighted by Crippen LogP contribution is 2.32. The van der Waals surface area contributed by atoms with E-state index < -0.39 is 0 Å². The third-order valence-electron chi connectivity index (χ3n) is 3.98. The minimum Gasteiger partial charge on any atom is -0.349 e. The summed E-state index contributed by atoms with van der Waals surface area (Å²) in [6.45, 7) is 2.14. The van der Waals surface area contributed by atoms with E-state index in [0.29, 0.717) is 6.42 Å². The van der Waals surface area contributed by atoms with Crippen LogP contribution in [0.15, 0.2) is 30.3 Å². The molecular weight excluding hydrogens is 236 g/mol. The zero-order chi connectivity index (χ0) is 13.7. The van der Waals surface area contributed by atoms with Crippen molar-refractivity contribution >= 4 is 5.91 Å². The smallest absolute Gasteiger partial charge is 0.222 e. The van der Waals surface area contributed by atoms with Crippen LogP contribution in [0.3, 0.4) is 0 Å². The molecule has 19 heavy (non-hydrogen) atoms. The lowest BCUT2D eigenvalue weighted by Gasteiger charge is -2.37. The maximum Gasteiger partial charge on any atom is 0.222 e. The molecule has 1 unspecified atom stereocenters. The number of carbonyl (C=O) groups excluding carboxylic acids is 1. The molecule has 1 atom stereocenters. The Morgan fingerprint density at radius 1 is 1.37 bits per heavy atom. The summed E-state index contributed by atoms with van der Waals surface area (Å²) in [5.74, 6) is 0.0875. The molecule has 3 nitrogen and oxygen atoms in total. The first kappa shape index (κ1) is 14.1. The Labute approximate surface area is 115 Å². The van der Waals surface area contributed by atoms with Gasteiger partial charge < -0.3 is 11.1 Å². The van der Waals surface area contributed by atoms with Crippen LogP contribution in [0.2, 0.25) is 0 Å². The molecule has 1 aliphatic rings. The number of nitrogens with two attached hydrogens (primary N) is 1. The molecule has 0 radical (unpaired) electrons. The summed E-state index contributed by atoms with van der Waals surface area (Å²) >= 11 is 0. The molecule has 0 saturated heterocycles. The number of benzene rings is 1. The summed E-state index contributed by atoms with van der Waals surface area (Å²) in [5, 5.41) is 3.14. The van der Waals surface area contributed by atoms with E-state index in [1.54, 1.807) is 0 Å². The zero-order valence-electron chi connectivity index (χ0n) is 11.7. The van der Waals surface area contributed by atoms with Gasteiger partial charge >= 0.3 is 0 Å². The van der Waals surface area contributed by atoms with Gasteiger partial charge in [-0.3, -0.25) is 4.79 Å². The maximum absolute atomic E-state index is 12.1. The van der Waals surface area contributed by atoms with E-state index in [2.05, 4.69) is 24.4 Å². The molecule has 3 N–H and O–H groups in total. The van der Waals surface area contributed by atoms with Crippen LogP contribution in [-0.4, -0.2) is 11.4 Å². The van der Waals surface area contributed by atoms with E-state index in [4.69, 9.17) is 5.73 Å². The number of hydrogen-bond donors (Lipinski definition) is 2. The lowest BCUT2D eigenvalue weighted by atomic mass is 9.75. The first-order valence-corrected chi connectivity index (χ1v) is 7.26. The first-order valence-electron chi connectivity index (χ1n) is 7.26. The van der Waals surface area contributed by atoms with Gasteiger partial charge in [-0.1, -0.05) is 43.7 Å². The topological polar surface area (TPSA) is 55.1 Å². The average molecular weight is 260 g/mol. The van der Waals surface area contributed by atoms with Gasteiger partial charge in [-0.2, -0.15) is 0 Å². The van der Waals surface area contributed by atoms with Gasteiger partial charge in [-0.15, -0.1) is 0 Å². The summed E-state index contributed by atoms with van der Waals surface area (Å²) in [4.78, 5) is 12.1. The van der Waals surface area contributed by atoms with Crippen LogP contribution in [0.1, 0.15) is 57.1 Å².